The summed E-state index contributed by atoms with van der Waals surface area (Å²) in [6, 6.07) is 7.82. The highest BCUT2D eigenvalue weighted by Crippen LogP contribution is 2.34. The molecule has 3 heterocycles. The van der Waals surface area contributed by atoms with Crippen LogP contribution in [0.15, 0.2) is 29.6 Å². The summed E-state index contributed by atoms with van der Waals surface area (Å²) in [7, 11) is 0. The third-order valence-corrected chi connectivity index (χ3v) is 6.77. The molecule has 1 unspecified atom stereocenters. The molecule has 1 aromatic carbocycles. The third-order valence-electron chi connectivity index (χ3n) is 5.76. The highest BCUT2D eigenvalue weighted by Gasteiger charge is 2.36. The first-order valence-corrected chi connectivity index (χ1v) is 11.0. The molecule has 4 rings (SSSR count). The van der Waals surface area contributed by atoms with Crippen molar-refractivity contribution < 1.29 is 4.79 Å². The van der Waals surface area contributed by atoms with Crippen molar-refractivity contribution in [3.05, 3.63) is 45.9 Å². The minimum Gasteiger partial charge on any atom is -0.321 e. The molecule has 2 saturated heterocycles. The van der Waals surface area contributed by atoms with Crippen LogP contribution < -0.4 is 10.6 Å². The Hall–Kier alpha value is -2.11. The van der Waals surface area contributed by atoms with E-state index in [4.69, 9.17) is 18.0 Å². The lowest BCUT2D eigenvalue weighted by atomic mass is 9.81. The Morgan fingerprint density at radius 2 is 2.03 bits per heavy atom. The monoisotopic (exact) mass is 429 g/mol. The summed E-state index contributed by atoms with van der Waals surface area (Å²) in [5.74, 6) is 2.85. The number of halogens is 1. The molecule has 2 N–H and O–H groups in total. The number of aromatic nitrogens is 1. The van der Waals surface area contributed by atoms with Gasteiger partial charge in [-0.2, -0.15) is 0 Å². The van der Waals surface area contributed by atoms with Crippen molar-refractivity contribution in [3.8, 4) is 12.3 Å². The number of rotatable bonds is 4. The standard InChI is InChI=1S/C21H24ClN5OS/c1-3-21(2,15-4-6-16(22)7-5-15)18-14-29-19(24-18)25-20(28)27-12-17(13-27)26-10-8-23-9-11-26/h1,4-7,14,17,23H,8-13H2,2H3,(H,24,25,28). The molecule has 0 aliphatic carbocycles. The van der Waals surface area contributed by atoms with Crippen LogP contribution >= 0.6 is 22.9 Å². The van der Waals surface area contributed by atoms with Crippen LogP contribution in [0.3, 0.4) is 0 Å². The second kappa shape index (κ2) is 8.33. The quantitative estimate of drug-likeness (QED) is 0.734. The van der Waals surface area contributed by atoms with E-state index in [9.17, 15) is 4.79 Å². The lowest BCUT2D eigenvalue weighted by Crippen LogP contribution is -2.64. The summed E-state index contributed by atoms with van der Waals surface area (Å²) >= 11 is 7.39. The topological polar surface area (TPSA) is 60.5 Å². The second-order valence-electron chi connectivity index (χ2n) is 7.59. The molecule has 2 aliphatic rings. The van der Waals surface area contributed by atoms with Gasteiger partial charge in [-0.15, -0.1) is 17.8 Å². The van der Waals surface area contributed by atoms with Gasteiger partial charge in [0.25, 0.3) is 0 Å². The average molecular weight is 430 g/mol. The van der Waals surface area contributed by atoms with Gasteiger partial charge in [-0.3, -0.25) is 10.2 Å². The smallest absolute Gasteiger partial charge is 0.321 e. The predicted molar refractivity (Wildman–Crippen MR) is 118 cm³/mol. The molecule has 1 atom stereocenters. The number of nitrogens with one attached hydrogen (secondary N) is 2. The van der Waals surface area contributed by atoms with Crippen molar-refractivity contribution in [2.24, 2.45) is 0 Å². The van der Waals surface area contributed by atoms with E-state index < -0.39 is 5.41 Å². The van der Waals surface area contributed by atoms with Crippen molar-refractivity contribution in [2.45, 2.75) is 18.4 Å². The Kier molecular flexibility index (Phi) is 5.79. The van der Waals surface area contributed by atoms with Crippen LogP contribution in [-0.4, -0.2) is 66.1 Å². The molecule has 6 nitrogen and oxygen atoms in total. The number of carbonyl (C=O) groups excluding carboxylic acids is 1. The number of likely N-dealkylation sites (tertiary alicyclic amines) is 1. The highest BCUT2D eigenvalue weighted by molar-refractivity contribution is 7.14. The SMILES string of the molecule is C#CC(C)(c1ccc(Cl)cc1)c1csc(NC(=O)N2CC(N3CCNCC3)C2)n1. The van der Waals surface area contributed by atoms with E-state index in [1.807, 2.05) is 41.5 Å². The normalized spacial score (nSPS) is 19.8. The van der Waals surface area contributed by atoms with Gasteiger partial charge in [0, 0.05) is 55.7 Å². The van der Waals surface area contributed by atoms with Crippen molar-refractivity contribution in [3.63, 3.8) is 0 Å². The first-order valence-electron chi connectivity index (χ1n) is 9.70. The number of thiazole rings is 1. The van der Waals surface area contributed by atoms with Crippen LogP contribution in [0.4, 0.5) is 9.93 Å². The fraction of sp³-hybridized carbons (Fsp3) is 0.429. The fourth-order valence-corrected chi connectivity index (χ4v) is 4.65. The van der Waals surface area contributed by atoms with E-state index in [0.29, 0.717) is 16.2 Å². The van der Waals surface area contributed by atoms with Gasteiger partial charge < -0.3 is 10.2 Å². The summed E-state index contributed by atoms with van der Waals surface area (Å²) < 4.78 is 0. The van der Waals surface area contributed by atoms with Gasteiger partial charge in [-0.05, 0) is 24.6 Å². The predicted octanol–water partition coefficient (Wildman–Crippen LogP) is 2.86. The summed E-state index contributed by atoms with van der Waals surface area (Å²) in [6.07, 6.45) is 5.86. The summed E-state index contributed by atoms with van der Waals surface area (Å²) in [6.45, 7) is 7.60. The number of terminal acetylenes is 1. The van der Waals surface area contributed by atoms with Gasteiger partial charge in [-0.1, -0.05) is 29.7 Å². The van der Waals surface area contributed by atoms with Crippen LogP contribution in [0.25, 0.3) is 0 Å². The Labute approximate surface area is 180 Å². The van der Waals surface area contributed by atoms with Gasteiger partial charge in [0.15, 0.2) is 5.13 Å². The Morgan fingerprint density at radius 3 is 2.69 bits per heavy atom. The van der Waals surface area contributed by atoms with E-state index in [1.54, 1.807) is 0 Å². The summed E-state index contributed by atoms with van der Waals surface area (Å²) in [4.78, 5) is 21.4. The number of amides is 2. The number of nitrogens with zero attached hydrogens (tertiary/aromatic N) is 3. The van der Waals surface area contributed by atoms with E-state index in [0.717, 1.165) is 50.5 Å². The molecule has 2 amide bonds. The number of hydrogen-bond donors (Lipinski definition) is 2. The summed E-state index contributed by atoms with van der Waals surface area (Å²) in [5, 5.41) is 9.40. The molecular formula is C21H24ClN5OS. The van der Waals surface area contributed by atoms with E-state index in [1.165, 1.54) is 11.3 Å². The molecule has 0 saturated carbocycles. The van der Waals surface area contributed by atoms with Crippen LogP contribution in [0.1, 0.15) is 18.2 Å². The maximum absolute atomic E-state index is 12.6. The fourth-order valence-electron chi connectivity index (χ4n) is 3.72. The van der Waals surface area contributed by atoms with Crippen LogP contribution in [-0.2, 0) is 5.41 Å². The van der Waals surface area contributed by atoms with Crippen molar-refractivity contribution >= 4 is 34.1 Å². The molecule has 0 radical (unpaired) electrons. The molecule has 1 aromatic heterocycles. The molecule has 29 heavy (non-hydrogen) atoms. The number of anilines is 1. The molecular weight excluding hydrogens is 406 g/mol. The number of piperazine rings is 1. The zero-order valence-electron chi connectivity index (χ0n) is 16.3. The van der Waals surface area contributed by atoms with Crippen molar-refractivity contribution in [1.29, 1.82) is 0 Å². The Bertz CT molecular complexity index is 912. The number of benzene rings is 1. The third kappa shape index (κ3) is 4.12. The molecule has 8 heteroatoms. The first kappa shape index (κ1) is 20.2. The molecule has 2 aromatic rings. The van der Waals surface area contributed by atoms with Crippen LogP contribution in [0, 0.1) is 12.3 Å². The Morgan fingerprint density at radius 1 is 1.34 bits per heavy atom. The van der Waals surface area contributed by atoms with E-state index >= 15 is 0 Å². The molecule has 152 valence electrons. The first-order chi connectivity index (χ1) is 14.0. The zero-order chi connectivity index (χ0) is 20.4. The molecule has 0 bridgehead atoms. The van der Waals surface area contributed by atoms with Gasteiger partial charge >= 0.3 is 6.03 Å². The largest absolute Gasteiger partial charge is 0.323 e. The summed E-state index contributed by atoms with van der Waals surface area (Å²) in [5.41, 5.74) is 0.993. The van der Waals surface area contributed by atoms with Gasteiger partial charge in [0.1, 0.15) is 0 Å². The van der Waals surface area contributed by atoms with Crippen LogP contribution in [0.2, 0.25) is 5.02 Å². The van der Waals surface area contributed by atoms with Crippen LogP contribution in [0.5, 0.6) is 0 Å². The molecule has 0 spiro atoms. The molecule has 2 aliphatic heterocycles. The number of hydrogen-bond acceptors (Lipinski definition) is 5. The van der Waals surface area contributed by atoms with E-state index in [-0.39, 0.29) is 6.03 Å². The Balaban J connectivity index is 1.38. The van der Waals surface area contributed by atoms with E-state index in [2.05, 4.69) is 26.4 Å². The molecule has 2 fully saturated rings. The highest BCUT2D eigenvalue weighted by atomic mass is 35.5. The zero-order valence-corrected chi connectivity index (χ0v) is 17.9. The van der Waals surface area contributed by atoms with Crippen molar-refractivity contribution in [1.82, 2.24) is 20.1 Å². The maximum Gasteiger partial charge on any atom is 0.323 e. The number of urea groups is 1. The van der Waals surface area contributed by atoms with Gasteiger partial charge in [0.2, 0.25) is 0 Å². The second-order valence-corrected chi connectivity index (χ2v) is 8.88. The lowest BCUT2D eigenvalue weighted by molar-refractivity contribution is 0.0537. The van der Waals surface area contributed by atoms with Crippen molar-refractivity contribution in [2.75, 3.05) is 44.6 Å². The minimum atomic E-state index is -0.686. The minimum absolute atomic E-state index is 0.105. The lowest BCUT2D eigenvalue weighted by Gasteiger charge is -2.46. The average Bonchev–Trinajstić information content (AvgIpc) is 3.16. The van der Waals surface area contributed by atoms with Gasteiger partial charge in [-0.25, -0.2) is 9.78 Å². The van der Waals surface area contributed by atoms with Gasteiger partial charge in [0.05, 0.1) is 11.1 Å². The maximum atomic E-state index is 12.6. The number of carbonyl (C=O) groups is 1.